The lowest BCUT2D eigenvalue weighted by Crippen LogP contribution is -2.48. The zero-order valence-corrected chi connectivity index (χ0v) is 19.8. The number of carbonyl (C=O) groups excluding carboxylic acids is 1. The first-order valence-corrected chi connectivity index (χ1v) is 12.0. The molecule has 0 atom stereocenters. The number of benzene rings is 1. The van der Waals surface area contributed by atoms with E-state index in [9.17, 15) is 9.59 Å². The second-order valence-corrected chi connectivity index (χ2v) is 9.14. The minimum absolute atomic E-state index is 0.0119. The van der Waals surface area contributed by atoms with E-state index in [0.29, 0.717) is 34.7 Å². The van der Waals surface area contributed by atoms with Crippen LogP contribution in [0.4, 0.5) is 5.69 Å². The highest BCUT2D eigenvalue weighted by Gasteiger charge is 2.27. The van der Waals surface area contributed by atoms with Crippen molar-refractivity contribution in [3.05, 3.63) is 51.4 Å². The standard InChI is InChI=1S/C24H30N4O3S/c1-4-5-8-11-28-16-25-22-20(23(28)29)17(2)21(32-22)24(30)27-14-12-26(13-15-27)18-9-6-7-10-19(18)31-3/h6-7,9-10,16H,4-5,8,11-15H2,1-3H3. The Labute approximate surface area is 192 Å². The first kappa shape index (κ1) is 22.3. The Morgan fingerprint density at radius 3 is 2.62 bits per heavy atom. The van der Waals surface area contributed by atoms with Crippen LogP contribution in [0.3, 0.4) is 0 Å². The van der Waals surface area contributed by atoms with E-state index in [0.717, 1.165) is 49.4 Å². The molecule has 1 aliphatic rings. The normalized spacial score (nSPS) is 14.2. The van der Waals surface area contributed by atoms with Crippen LogP contribution in [-0.4, -0.2) is 53.6 Å². The Morgan fingerprint density at radius 1 is 1.16 bits per heavy atom. The van der Waals surface area contributed by atoms with Gasteiger partial charge in [0.2, 0.25) is 0 Å². The molecule has 0 saturated carbocycles. The van der Waals surface area contributed by atoms with Crippen LogP contribution >= 0.6 is 11.3 Å². The summed E-state index contributed by atoms with van der Waals surface area (Å²) >= 11 is 1.33. The van der Waals surface area contributed by atoms with Crippen LogP contribution < -0.4 is 15.2 Å². The molecular formula is C24H30N4O3S. The van der Waals surface area contributed by atoms with Gasteiger partial charge in [-0.1, -0.05) is 31.9 Å². The number of anilines is 1. The second kappa shape index (κ2) is 9.73. The van der Waals surface area contributed by atoms with Crippen molar-refractivity contribution in [2.75, 3.05) is 38.2 Å². The fraction of sp³-hybridized carbons (Fsp3) is 0.458. The molecule has 1 aromatic carbocycles. The third-order valence-corrected chi connectivity index (χ3v) is 7.29. The summed E-state index contributed by atoms with van der Waals surface area (Å²) < 4.78 is 7.16. The van der Waals surface area contributed by atoms with Crippen molar-refractivity contribution in [1.29, 1.82) is 0 Å². The average molecular weight is 455 g/mol. The van der Waals surface area contributed by atoms with E-state index in [1.165, 1.54) is 11.3 Å². The molecule has 2 aromatic heterocycles. The number of piperazine rings is 1. The van der Waals surface area contributed by atoms with Crippen LogP contribution in [0, 0.1) is 6.92 Å². The van der Waals surface area contributed by atoms with Crippen molar-refractivity contribution in [2.45, 2.75) is 39.7 Å². The summed E-state index contributed by atoms with van der Waals surface area (Å²) in [6, 6.07) is 7.95. The zero-order chi connectivity index (χ0) is 22.7. The summed E-state index contributed by atoms with van der Waals surface area (Å²) in [7, 11) is 1.68. The summed E-state index contributed by atoms with van der Waals surface area (Å²) in [6.45, 7) is 7.40. The second-order valence-electron chi connectivity index (χ2n) is 8.14. The number of unbranched alkanes of at least 4 members (excludes halogenated alkanes) is 2. The van der Waals surface area contributed by atoms with Gasteiger partial charge in [0, 0.05) is 32.7 Å². The molecule has 8 heteroatoms. The fourth-order valence-corrected chi connectivity index (χ4v) is 5.35. The van der Waals surface area contributed by atoms with E-state index in [4.69, 9.17) is 4.74 Å². The molecule has 0 N–H and O–H groups in total. The third-order valence-electron chi connectivity index (χ3n) is 6.11. The molecule has 7 nitrogen and oxygen atoms in total. The van der Waals surface area contributed by atoms with E-state index >= 15 is 0 Å². The Morgan fingerprint density at radius 2 is 1.91 bits per heavy atom. The van der Waals surface area contributed by atoms with Crippen molar-refractivity contribution in [1.82, 2.24) is 14.5 Å². The number of thiophene rings is 1. The third kappa shape index (κ3) is 4.24. The maximum atomic E-state index is 13.3. The van der Waals surface area contributed by atoms with Crippen LogP contribution in [0.15, 0.2) is 35.4 Å². The molecule has 3 heterocycles. The highest BCUT2D eigenvalue weighted by atomic mass is 32.1. The lowest BCUT2D eigenvalue weighted by atomic mass is 10.1. The molecular weight excluding hydrogens is 424 g/mol. The number of carbonyl (C=O) groups is 1. The van der Waals surface area contributed by atoms with Gasteiger partial charge in [-0.15, -0.1) is 11.3 Å². The number of fused-ring (bicyclic) bond motifs is 1. The minimum Gasteiger partial charge on any atom is -0.495 e. The van der Waals surface area contributed by atoms with Crippen LogP contribution in [0.5, 0.6) is 5.75 Å². The lowest BCUT2D eigenvalue weighted by molar-refractivity contribution is 0.0751. The summed E-state index contributed by atoms with van der Waals surface area (Å²) in [5.74, 6) is 0.830. The van der Waals surface area contributed by atoms with Gasteiger partial charge < -0.3 is 14.5 Å². The molecule has 170 valence electrons. The van der Waals surface area contributed by atoms with Crippen molar-refractivity contribution >= 4 is 33.1 Å². The van der Waals surface area contributed by atoms with Crippen molar-refractivity contribution in [3.63, 3.8) is 0 Å². The van der Waals surface area contributed by atoms with E-state index < -0.39 is 0 Å². The fourth-order valence-electron chi connectivity index (χ4n) is 4.24. The van der Waals surface area contributed by atoms with E-state index in [1.54, 1.807) is 18.0 Å². The molecule has 0 bridgehead atoms. The molecule has 0 spiro atoms. The maximum absolute atomic E-state index is 13.3. The molecule has 4 rings (SSSR count). The molecule has 0 radical (unpaired) electrons. The number of hydrogen-bond acceptors (Lipinski definition) is 6. The number of rotatable bonds is 7. The maximum Gasteiger partial charge on any atom is 0.264 e. The molecule has 0 aliphatic carbocycles. The SMILES string of the molecule is CCCCCn1cnc2sc(C(=O)N3CCN(c4ccccc4OC)CC3)c(C)c2c1=O. The van der Waals surface area contributed by atoms with Gasteiger partial charge in [-0.05, 0) is 31.0 Å². The number of methoxy groups -OCH3 is 1. The highest BCUT2D eigenvalue weighted by molar-refractivity contribution is 7.20. The quantitative estimate of drug-likeness (QED) is 0.506. The Kier molecular flexibility index (Phi) is 6.79. The summed E-state index contributed by atoms with van der Waals surface area (Å²) in [5.41, 5.74) is 1.76. The van der Waals surface area contributed by atoms with Gasteiger partial charge in [0.15, 0.2) is 0 Å². The molecule has 1 amide bonds. The van der Waals surface area contributed by atoms with E-state index in [-0.39, 0.29) is 11.5 Å². The van der Waals surface area contributed by atoms with Gasteiger partial charge in [0.05, 0.1) is 29.4 Å². The molecule has 0 unspecified atom stereocenters. The number of amides is 1. The van der Waals surface area contributed by atoms with Gasteiger partial charge in [0.1, 0.15) is 10.6 Å². The smallest absolute Gasteiger partial charge is 0.264 e. The number of para-hydroxylation sites is 2. The molecule has 1 fully saturated rings. The van der Waals surface area contributed by atoms with Gasteiger partial charge in [-0.2, -0.15) is 0 Å². The lowest BCUT2D eigenvalue weighted by Gasteiger charge is -2.36. The summed E-state index contributed by atoms with van der Waals surface area (Å²) in [4.78, 5) is 36.2. The van der Waals surface area contributed by atoms with Crippen LogP contribution in [0.1, 0.15) is 41.4 Å². The Bertz CT molecular complexity index is 1160. The van der Waals surface area contributed by atoms with Crippen molar-refractivity contribution < 1.29 is 9.53 Å². The van der Waals surface area contributed by atoms with Gasteiger partial charge in [-0.3, -0.25) is 14.2 Å². The number of nitrogens with zero attached hydrogens (tertiary/aromatic N) is 4. The first-order valence-electron chi connectivity index (χ1n) is 11.2. The average Bonchev–Trinajstić information content (AvgIpc) is 3.17. The van der Waals surface area contributed by atoms with Crippen LogP contribution in [-0.2, 0) is 6.54 Å². The number of hydrogen-bond donors (Lipinski definition) is 0. The van der Waals surface area contributed by atoms with Gasteiger partial charge in [0.25, 0.3) is 11.5 Å². The predicted molar refractivity (Wildman–Crippen MR) is 129 cm³/mol. The Balaban J connectivity index is 1.51. The van der Waals surface area contributed by atoms with Crippen molar-refractivity contribution in [3.8, 4) is 5.75 Å². The molecule has 32 heavy (non-hydrogen) atoms. The topological polar surface area (TPSA) is 67.7 Å². The zero-order valence-electron chi connectivity index (χ0n) is 19.0. The van der Waals surface area contributed by atoms with E-state index in [1.807, 2.05) is 36.1 Å². The summed E-state index contributed by atoms with van der Waals surface area (Å²) in [5, 5.41) is 0.588. The first-order chi connectivity index (χ1) is 15.5. The predicted octanol–water partition coefficient (Wildman–Crippen LogP) is 3.93. The van der Waals surface area contributed by atoms with E-state index in [2.05, 4.69) is 16.8 Å². The largest absolute Gasteiger partial charge is 0.495 e. The molecule has 1 aliphatic heterocycles. The monoisotopic (exact) mass is 454 g/mol. The van der Waals surface area contributed by atoms with Crippen molar-refractivity contribution in [2.24, 2.45) is 0 Å². The van der Waals surface area contributed by atoms with Gasteiger partial charge >= 0.3 is 0 Å². The number of aromatic nitrogens is 2. The van der Waals surface area contributed by atoms with Gasteiger partial charge in [-0.25, -0.2) is 4.98 Å². The summed E-state index contributed by atoms with van der Waals surface area (Å²) in [6.07, 6.45) is 4.76. The highest BCUT2D eigenvalue weighted by Crippen LogP contribution is 2.31. The minimum atomic E-state index is -0.0418. The number of ether oxygens (including phenoxy) is 1. The molecule has 1 saturated heterocycles. The number of aryl methyl sites for hydroxylation is 2. The molecule has 3 aromatic rings. The Hall–Kier alpha value is -2.87. The van der Waals surface area contributed by atoms with Crippen LogP contribution in [0.2, 0.25) is 0 Å². The van der Waals surface area contributed by atoms with Crippen LogP contribution in [0.25, 0.3) is 10.2 Å².